The van der Waals surface area contributed by atoms with Gasteiger partial charge in [-0.25, -0.2) is 0 Å². The third kappa shape index (κ3) is 2.33. The van der Waals surface area contributed by atoms with Gasteiger partial charge in [-0.05, 0) is 34.4 Å². The topological polar surface area (TPSA) is 15.8 Å². The van der Waals surface area contributed by atoms with Gasteiger partial charge in [0.2, 0.25) is 0 Å². The van der Waals surface area contributed by atoms with Gasteiger partial charge in [-0.3, -0.25) is 0 Å². The summed E-state index contributed by atoms with van der Waals surface area (Å²) in [4.78, 5) is 3.60. The van der Waals surface area contributed by atoms with Crippen molar-refractivity contribution in [1.82, 2.24) is 4.98 Å². The Morgan fingerprint density at radius 3 is 1.96 bits per heavy atom. The summed E-state index contributed by atoms with van der Waals surface area (Å²) < 4.78 is 0. The van der Waals surface area contributed by atoms with Gasteiger partial charge in [0.25, 0.3) is 0 Å². The molecule has 0 bridgehead atoms. The first-order chi connectivity index (χ1) is 12.4. The number of hydrogen-bond donors (Lipinski definition) is 1. The lowest BCUT2D eigenvalue weighted by atomic mass is 9.98. The van der Waals surface area contributed by atoms with Crippen LogP contribution < -0.4 is 0 Å². The van der Waals surface area contributed by atoms with Crippen LogP contribution in [-0.2, 0) is 0 Å². The van der Waals surface area contributed by atoms with Gasteiger partial charge >= 0.3 is 0 Å². The average Bonchev–Trinajstić information content (AvgIpc) is 3.07. The lowest BCUT2D eigenvalue weighted by Crippen LogP contribution is -1.79. The fourth-order valence-electron chi connectivity index (χ4n) is 3.63. The first-order valence-corrected chi connectivity index (χ1v) is 8.55. The zero-order chi connectivity index (χ0) is 16.6. The van der Waals surface area contributed by atoms with Crippen molar-refractivity contribution in [1.29, 1.82) is 0 Å². The Balaban J connectivity index is 1.78. The zero-order valence-electron chi connectivity index (χ0n) is 13.7. The molecule has 118 valence electrons. The van der Waals surface area contributed by atoms with E-state index in [1.54, 1.807) is 0 Å². The van der Waals surface area contributed by atoms with Crippen molar-refractivity contribution < 1.29 is 0 Å². The molecule has 4 aromatic carbocycles. The molecular weight excluding hydrogens is 302 g/mol. The zero-order valence-corrected chi connectivity index (χ0v) is 13.7. The minimum absolute atomic E-state index is 1.18. The monoisotopic (exact) mass is 319 g/mol. The van der Waals surface area contributed by atoms with Gasteiger partial charge in [-0.15, -0.1) is 0 Å². The standard InChI is InChI=1S/C24H17N/c1-3-8-17(9-4-1)19-14-15-21-23(16-19)25-22-13-7-12-20(24(21)22)18-10-5-2-6-11-18/h1-16,25H. The predicted octanol–water partition coefficient (Wildman–Crippen LogP) is 6.66. The molecule has 5 rings (SSSR count). The fraction of sp³-hybridized carbons (Fsp3) is 0. The molecule has 1 N–H and O–H groups in total. The molecule has 0 aliphatic carbocycles. The highest BCUT2D eigenvalue weighted by Gasteiger charge is 2.10. The highest BCUT2D eigenvalue weighted by molar-refractivity contribution is 6.14. The van der Waals surface area contributed by atoms with Crippen molar-refractivity contribution in [2.24, 2.45) is 0 Å². The maximum absolute atomic E-state index is 3.60. The van der Waals surface area contributed by atoms with Gasteiger partial charge in [-0.2, -0.15) is 0 Å². The molecule has 0 saturated carbocycles. The Morgan fingerprint density at radius 2 is 1.20 bits per heavy atom. The number of nitrogens with one attached hydrogen (secondary N) is 1. The Morgan fingerprint density at radius 1 is 0.480 bits per heavy atom. The number of aromatic nitrogens is 1. The molecule has 0 fully saturated rings. The third-order valence-corrected chi connectivity index (χ3v) is 4.81. The minimum atomic E-state index is 1.18. The molecule has 5 aromatic rings. The van der Waals surface area contributed by atoms with Crippen molar-refractivity contribution in [3.8, 4) is 22.3 Å². The lowest BCUT2D eigenvalue weighted by Gasteiger charge is -2.05. The molecular formula is C24H17N. The number of fused-ring (bicyclic) bond motifs is 3. The molecule has 1 heteroatoms. The fourth-order valence-corrected chi connectivity index (χ4v) is 3.63. The number of aromatic amines is 1. The van der Waals surface area contributed by atoms with Crippen molar-refractivity contribution >= 4 is 21.8 Å². The molecule has 0 unspecified atom stereocenters. The molecule has 0 aliphatic rings. The van der Waals surface area contributed by atoms with E-state index in [0.717, 1.165) is 0 Å². The molecule has 1 heterocycles. The number of hydrogen-bond acceptors (Lipinski definition) is 0. The van der Waals surface area contributed by atoms with Crippen molar-refractivity contribution in [3.05, 3.63) is 97.1 Å². The lowest BCUT2D eigenvalue weighted by molar-refractivity contribution is 1.54. The quantitative estimate of drug-likeness (QED) is 0.374. The molecule has 0 radical (unpaired) electrons. The van der Waals surface area contributed by atoms with E-state index in [-0.39, 0.29) is 0 Å². The van der Waals surface area contributed by atoms with Gasteiger partial charge in [0.05, 0.1) is 0 Å². The molecule has 0 amide bonds. The van der Waals surface area contributed by atoms with E-state index in [0.29, 0.717) is 0 Å². The maximum Gasteiger partial charge on any atom is 0.0471 e. The largest absolute Gasteiger partial charge is 0.354 e. The van der Waals surface area contributed by atoms with Crippen LogP contribution in [0.1, 0.15) is 0 Å². The highest BCUT2D eigenvalue weighted by Crippen LogP contribution is 2.36. The molecule has 0 spiro atoms. The summed E-state index contributed by atoms with van der Waals surface area (Å²) in [7, 11) is 0. The molecule has 1 aromatic heterocycles. The van der Waals surface area contributed by atoms with E-state index in [2.05, 4.69) is 102 Å². The average molecular weight is 319 g/mol. The summed E-state index contributed by atoms with van der Waals surface area (Å²) >= 11 is 0. The van der Waals surface area contributed by atoms with Crippen LogP contribution in [0.2, 0.25) is 0 Å². The molecule has 0 saturated heterocycles. The predicted molar refractivity (Wildman–Crippen MR) is 107 cm³/mol. The highest BCUT2D eigenvalue weighted by atomic mass is 14.7. The molecule has 1 nitrogen and oxygen atoms in total. The second-order valence-corrected chi connectivity index (χ2v) is 6.35. The maximum atomic E-state index is 3.60. The Labute approximate surface area is 146 Å². The number of benzene rings is 4. The van der Waals surface area contributed by atoms with E-state index in [1.807, 2.05) is 0 Å². The summed E-state index contributed by atoms with van der Waals surface area (Å²) in [5.74, 6) is 0. The van der Waals surface area contributed by atoms with Crippen LogP contribution in [0.4, 0.5) is 0 Å². The molecule has 0 atom stereocenters. The van der Waals surface area contributed by atoms with E-state index >= 15 is 0 Å². The minimum Gasteiger partial charge on any atom is -0.354 e. The Kier molecular flexibility index (Phi) is 3.17. The number of H-pyrrole nitrogens is 1. The van der Waals surface area contributed by atoms with Crippen LogP contribution >= 0.6 is 0 Å². The Hall–Kier alpha value is -3.32. The van der Waals surface area contributed by atoms with Crippen LogP contribution in [0.5, 0.6) is 0 Å². The van der Waals surface area contributed by atoms with Gasteiger partial charge in [0, 0.05) is 21.8 Å². The summed E-state index contributed by atoms with van der Waals surface area (Å²) in [5, 5.41) is 2.57. The van der Waals surface area contributed by atoms with Gasteiger partial charge in [-0.1, -0.05) is 84.9 Å². The molecule has 25 heavy (non-hydrogen) atoms. The summed E-state index contributed by atoms with van der Waals surface area (Å²) in [6, 6.07) is 34.3. The van der Waals surface area contributed by atoms with Crippen LogP contribution in [0.3, 0.4) is 0 Å². The van der Waals surface area contributed by atoms with Crippen LogP contribution in [0.25, 0.3) is 44.1 Å². The van der Waals surface area contributed by atoms with Crippen LogP contribution in [-0.4, -0.2) is 4.98 Å². The SMILES string of the molecule is c1ccc(-c2ccc3c(c2)[nH]c2cccc(-c4ccccc4)c23)cc1. The van der Waals surface area contributed by atoms with Crippen LogP contribution in [0, 0.1) is 0 Å². The summed E-state index contributed by atoms with van der Waals surface area (Å²) in [6.07, 6.45) is 0. The second-order valence-electron chi connectivity index (χ2n) is 6.35. The normalized spacial score (nSPS) is 11.2. The van der Waals surface area contributed by atoms with Gasteiger partial charge in [0.1, 0.15) is 0 Å². The van der Waals surface area contributed by atoms with E-state index in [9.17, 15) is 0 Å². The molecule has 0 aliphatic heterocycles. The van der Waals surface area contributed by atoms with Crippen molar-refractivity contribution in [3.63, 3.8) is 0 Å². The van der Waals surface area contributed by atoms with Gasteiger partial charge < -0.3 is 4.98 Å². The van der Waals surface area contributed by atoms with Crippen molar-refractivity contribution in [2.45, 2.75) is 0 Å². The van der Waals surface area contributed by atoms with E-state index < -0.39 is 0 Å². The summed E-state index contributed by atoms with van der Waals surface area (Å²) in [6.45, 7) is 0. The van der Waals surface area contributed by atoms with Crippen LogP contribution in [0.15, 0.2) is 97.1 Å². The smallest absolute Gasteiger partial charge is 0.0471 e. The second kappa shape index (κ2) is 5.64. The Bertz CT molecular complexity index is 1170. The first kappa shape index (κ1) is 14.1. The van der Waals surface area contributed by atoms with E-state index in [1.165, 1.54) is 44.1 Å². The first-order valence-electron chi connectivity index (χ1n) is 8.55. The number of rotatable bonds is 2. The van der Waals surface area contributed by atoms with Crippen molar-refractivity contribution in [2.75, 3.05) is 0 Å². The van der Waals surface area contributed by atoms with E-state index in [4.69, 9.17) is 0 Å². The van der Waals surface area contributed by atoms with Gasteiger partial charge in [0.15, 0.2) is 0 Å². The third-order valence-electron chi connectivity index (χ3n) is 4.81. The summed E-state index contributed by atoms with van der Waals surface area (Å²) in [5.41, 5.74) is 7.37.